The average Bonchev–Trinajstić information content (AvgIpc) is 2.65. The van der Waals surface area contributed by atoms with Crippen molar-refractivity contribution in [2.24, 2.45) is 5.92 Å². The fourth-order valence-electron chi connectivity index (χ4n) is 0.681. The number of halogens is 1. The topological polar surface area (TPSA) is 68.0 Å². The van der Waals surface area contributed by atoms with Gasteiger partial charge >= 0.3 is 0 Å². The highest BCUT2D eigenvalue weighted by atomic mass is 35.5. The van der Waals surface area contributed by atoms with E-state index in [0.29, 0.717) is 11.7 Å². The molecule has 13 heavy (non-hydrogen) atoms. The van der Waals surface area contributed by atoms with E-state index < -0.39 is 0 Å². The molecule has 0 radical (unpaired) electrons. The molecule has 1 N–H and O–H groups in total. The largest absolute Gasteiger partial charge is 0.348 e. The van der Waals surface area contributed by atoms with Gasteiger partial charge in [-0.25, -0.2) is 0 Å². The molecule has 1 aromatic rings. The maximum Gasteiger partial charge on any atom is 0.224 e. The molecule has 72 valence electrons. The van der Waals surface area contributed by atoms with Crippen LogP contribution in [-0.4, -0.2) is 21.9 Å². The van der Waals surface area contributed by atoms with Gasteiger partial charge in [0.25, 0.3) is 0 Å². The van der Waals surface area contributed by atoms with Crippen molar-refractivity contribution >= 4 is 17.5 Å². The lowest BCUT2D eigenvalue weighted by atomic mass is 10.2. The fraction of sp³-hybridized carbons (Fsp3) is 0.571. The maximum atomic E-state index is 11.2. The zero-order valence-corrected chi connectivity index (χ0v) is 7.91. The van der Waals surface area contributed by atoms with Gasteiger partial charge in [-0.1, -0.05) is 12.1 Å². The van der Waals surface area contributed by atoms with Crippen LogP contribution in [-0.2, 0) is 11.3 Å². The van der Waals surface area contributed by atoms with E-state index in [1.54, 1.807) is 6.92 Å². The third kappa shape index (κ3) is 3.02. The number of rotatable bonds is 4. The van der Waals surface area contributed by atoms with Gasteiger partial charge in [0.15, 0.2) is 5.82 Å². The molecule has 0 aliphatic heterocycles. The second kappa shape index (κ2) is 4.81. The van der Waals surface area contributed by atoms with Crippen LogP contribution in [0.5, 0.6) is 0 Å². The first-order chi connectivity index (χ1) is 6.24. The molecular weight excluding hydrogens is 194 g/mol. The minimum Gasteiger partial charge on any atom is -0.348 e. The second-order valence-electron chi connectivity index (χ2n) is 2.62. The molecule has 1 unspecified atom stereocenters. The Morgan fingerprint density at radius 2 is 2.62 bits per heavy atom. The first-order valence-corrected chi connectivity index (χ1v) is 4.36. The molecule has 6 heteroatoms. The Balaban J connectivity index is 2.31. The highest BCUT2D eigenvalue weighted by molar-refractivity contribution is 6.19. The summed E-state index contributed by atoms with van der Waals surface area (Å²) in [6.07, 6.45) is 1.21. The van der Waals surface area contributed by atoms with Gasteiger partial charge in [0.2, 0.25) is 12.3 Å². The standard InChI is InChI=1S/C7H10ClN3O2/c1-5(2-8)7(12)9-3-6-10-4-13-11-6/h4-5H,2-3H2,1H3,(H,9,12). The number of hydrogen-bond donors (Lipinski definition) is 1. The normalized spacial score (nSPS) is 12.5. The van der Waals surface area contributed by atoms with Gasteiger partial charge < -0.3 is 9.84 Å². The van der Waals surface area contributed by atoms with Crippen molar-refractivity contribution in [1.82, 2.24) is 15.5 Å². The van der Waals surface area contributed by atoms with Crippen molar-refractivity contribution in [3.8, 4) is 0 Å². The Morgan fingerprint density at radius 1 is 1.85 bits per heavy atom. The second-order valence-corrected chi connectivity index (χ2v) is 2.93. The lowest BCUT2D eigenvalue weighted by molar-refractivity contribution is -0.124. The van der Waals surface area contributed by atoms with E-state index in [9.17, 15) is 4.79 Å². The Bertz CT molecular complexity index is 263. The summed E-state index contributed by atoms with van der Waals surface area (Å²) in [7, 11) is 0. The van der Waals surface area contributed by atoms with Crippen molar-refractivity contribution < 1.29 is 9.32 Å². The fourth-order valence-corrected chi connectivity index (χ4v) is 0.821. The molecule has 0 spiro atoms. The molecular formula is C7H10ClN3O2. The molecule has 0 saturated heterocycles. The Labute approximate surface area is 80.5 Å². The molecule has 0 fully saturated rings. The van der Waals surface area contributed by atoms with E-state index in [4.69, 9.17) is 11.6 Å². The molecule has 5 nitrogen and oxygen atoms in total. The Hall–Kier alpha value is -1.10. The molecule has 1 amide bonds. The molecule has 1 heterocycles. The van der Waals surface area contributed by atoms with Crippen LogP contribution in [0, 0.1) is 5.92 Å². The first kappa shape index (κ1) is 9.98. The van der Waals surface area contributed by atoms with E-state index in [1.165, 1.54) is 6.39 Å². The Morgan fingerprint density at radius 3 is 3.15 bits per heavy atom. The van der Waals surface area contributed by atoms with Gasteiger partial charge in [-0.3, -0.25) is 4.79 Å². The number of alkyl halides is 1. The molecule has 0 aliphatic rings. The van der Waals surface area contributed by atoms with Gasteiger partial charge in [-0.05, 0) is 0 Å². The highest BCUT2D eigenvalue weighted by Crippen LogP contribution is 1.98. The van der Waals surface area contributed by atoms with Gasteiger partial charge in [-0.15, -0.1) is 11.6 Å². The molecule has 1 rings (SSSR count). The van der Waals surface area contributed by atoms with Crippen LogP contribution in [0.15, 0.2) is 10.9 Å². The number of nitrogens with one attached hydrogen (secondary N) is 1. The predicted molar refractivity (Wildman–Crippen MR) is 46.0 cm³/mol. The summed E-state index contributed by atoms with van der Waals surface area (Å²) in [5, 5.41) is 6.17. The number of hydrogen-bond acceptors (Lipinski definition) is 4. The molecule has 0 bridgehead atoms. The lowest BCUT2D eigenvalue weighted by Gasteiger charge is -2.06. The van der Waals surface area contributed by atoms with Gasteiger partial charge in [0, 0.05) is 11.8 Å². The van der Waals surface area contributed by atoms with Crippen LogP contribution in [0.1, 0.15) is 12.7 Å². The van der Waals surface area contributed by atoms with Crippen LogP contribution in [0.3, 0.4) is 0 Å². The minimum absolute atomic E-state index is 0.111. The zero-order valence-electron chi connectivity index (χ0n) is 7.16. The van der Waals surface area contributed by atoms with Crippen molar-refractivity contribution in [3.63, 3.8) is 0 Å². The SMILES string of the molecule is CC(CCl)C(=O)NCc1ncon1. The highest BCUT2D eigenvalue weighted by Gasteiger charge is 2.11. The Kier molecular flexibility index (Phi) is 3.70. The van der Waals surface area contributed by atoms with Crippen LogP contribution >= 0.6 is 11.6 Å². The summed E-state index contributed by atoms with van der Waals surface area (Å²) in [6.45, 7) is 2.02. The quantitative estimate of drug-likeness (QED) is 0.727. The van der Waals surface area contributed by atoms with Crippen LogP contribution in [0.25, 0.3) is 0 Å². The molecule has 1 aromatic heterocycles. The summed E-state index contributed by atoms with van der Waals surface area (Å²) in [6, 6.07) is 0. The summed E-state index contributed by atoms with van der Waals surface area (Å²) >= 11 is 5.50. The van der Waals surface area contributed by atoms with Crippen molar-refractivity contribution in [2.45, 2.75) is 13.5 Å². The van der Waals surface area contributed by atoms with Crippen LogP contribution < -0.4 is 5.32 Å². The number of nitrogens with zero attached hydrogens (tertiary/aromatic N) is 2. The van der Waals surface area contributed by atoms with Crippen molar-refractivity contribution in [2.75, 3.05) is 5.88 Å². The third-order valence-corrected chi connectivity index (χ3v) is 1.97. The molecule has 0 aliphatic carbocycles. The summed E-state index contributed by atoms with van der Waals surface area (Å²) in [4.78, 5) is 14.9. The summed E-state index contributed by atoms with van der Waals surface area (Å²) in [5.41, 5.74) is 0. The number of carbonyl (C=O) groups is 1. The average molecular weight is 204 g/mol. The number of aromatic nitrogens is 2. The summed E-state index contributed by atoms with van der Waals surface area (Å²) in [5.74, 6) is 0.446. The van der Waals surface area contributed by atoms with Gasteiger partial charge in [0.05, 0.1) is 6.54 Å². The molecule has 1 atom stereocenters. The van der Waals surface area contributed by atoms with Gasteiger partial charge in [-0.2, -0.15) is 4.98 Å². The van der Waals surface area contributed by atoms with Crippen molar-refractivity contribution in [1.29, 1.82) is 0 Å². The first-order valence-electron chi connectivity index (χ1n) is 3.83. The maximum absolute atomic E-state index is 11.2. The van der Waals surface area contributed by atoms with E-state index in [2.05, 4.69) is 20.0 Å². The lowest BCUT2D eigenvalue weighted by Crippen LogP contribution is -2.29. The van der Waals surface area contributed by atoms with Crippen LogP contribution in [0.2, 0.25) is 0 Å². The summed E-state index contributed by atoms with van der Waals surface area (Å²) < 4.78 is 4.50. The number of amides is 1. The monoisotopic (exact) mass is 203 g/mol. The smallest absolute Gasteiger partial charge is 0.224 e. The van der Waals surface area contributed by atoms with E-state index in [0.717, 1.165) is 0 Å². The van der Waals surface area contributed by atoms with E-state index in [-0.39, 0.29) is 18.4 Å². The number of carbonyl (C=O) groups excluding carboxylic acids is 1. The van der Waals surface area contributed by atoms with Gasteiger partial charge in [0.1, 0.15) is 0 Å². The van der Waals surface area contributed by atoms with E-state index in [1.807, 2.05) is 0 Å². The zero-order chi connectivity index (χ0) is 9.68. The third-order valence-electron chi connectivity index (χ3n) is 1.51. The predicted octanol–water partition coefficient (Wildman–Crippen LogP) is 0.561. The minimum atomic E-state index is -0.200. The van der Waals surface area contributed by atoms with Crippen molar-refractivity contribution in [3.05, 3.63) is 12.2 Å². The van der Waals surface area contributed by atoms with E-state index >= 15 is 0 Å². The molecule has 0 aromatic carbocycles. The molecule has 0 saturated carbocycles. The van der Waals surface area contributed by atoms with Crippen LogP contribution in [0.4, 0.5) is 0 Å².